The summed E-state index contributed by atoms with van der Waals surface area (Å²) < 4.78 is 0. The fraction of sp³-hybridized carbons (Fsp3) is 0.238. The van der Waals surface area contributed by atoms with Gasteiger partial charge in [0, 0.05) is 36.2 Å². The molecule has 4 heteroatoms. The Hall–Kier alpha value is -2.88. The molecule has 0 aliphatic carbocycles. The molecule has 0 fully saturated rings. The van der Waals surface area contributed by atoms with Gasteiger partial charge in [0.05, 0.1) is 0 Å². The van der Waals surface area contributed by atoms with Gasteiger partial charge in [-0.15, -0.1) is 0 Å². The van der Waals surface area contributed by atoms with Gasteiger partial charge in [-0.1, -0.05) is 36.4 Å². The summed E-state index contributed by atoms with van der Waals surface area (Å²) in [7, 11) is 0. The molecule has 0 spiro atoms. The van der Waals surface area contributed by atoms with Crippen LogP contribution in [0.3, 0.4) is 0 Å². The fourth-order valence-electron chi connectivity index (χ4n) is 2.93. The summed E-state index contributed by atoms with van der Waals surface area (Å²) in [5.74, 6) is 1.66. The van der Waals surface area contributed by atoms with Crippen molar-refractivity contribution in [3.05, 3.63) is 72.4 Å². The number of anilines is 4. The van der Waals surface area contributed by atoms with E-state index in [-0.39, 0.29) is 0 Å². The lowest BCUT2D eigenvalue weighted by molar-refractivity contribution is 0.909. The molecule has 128 valence electrons. The van der Waals surface area contributed by atoms with Gasteiger partial charge in [-0.25, -0.2) is 4.98 Å². The molecule has 1 aromatic heterocycles. The normalized spacial score (nSPS) is 10.5. The molecule has 4 nitrogen and oxygen atoms in total. The number of aromatic nitrogens is 2. The second-order valence-corrected chi connectivity index (χ2v) is 5.83. The summed E-state index contributed by atoms with van der Waals surface area (Å²) in [5, 5.41) is 0. The molecule has 0 aliphatic rings. The molecule has 0 radical (unpaired) electrons. The van der Waals surface area contributed by atoms with Crippen LogP contribution in [0.15, 0.2) is 66.7 Å². The first kappa shape index (κ1) is 17.0. The number of hydrogen-bond acceptors (Lipinski definition) is 4. The SMILES string of the molecule is CCN(c1ccccc1)c1cc(C)nc(N(CC)c2ccccc2)n1. The van der Waals surface area contributed by atoms with E-state index in [1.54, 1.807) is 0 Å². The van der Waals surface area contributed by atoms with Gasteiger partial charge >= 0.3 is 0 Å². The average Bonchev–Trinajstić information content (AvgIpc) is 2.64. The summed E-state index contributed by atoms with van der Waals surface area (Å²) >= 11 is 0. The maximum absolute atomic E-state index is 4.87. The lowest BCUT2D eigenvalue weighted by Gasteiger charge is -2.26. The third kappa shape index (κ3) is 3.79. The number of para-hydroxylation sites is 2. The number of rotatable bonds is 6. The van der Waals surface area contributed by atoms with Crippen molar-refractivity contribution < 1.29 is 0 Å². The van der Waals surface area contributed by atoms with E-state index in [9.17, 15) is 0 Å². The highest BCUT2D eigenvalue weighted by molar-refractivity contribution is 5.63. The third-order valence-corrected chi connectivity index (χ3v) is 4.12. The highest BCUT2D eigenvalue weighted by Gasteiger charge is 2.15. The fourth-order valence-corrected chi connectivity index (χ4v) is 2.93. The molecule has 0 bridgehead atoms. The van der Waals surface area contributed by atoms with E-state index in [0.29, 0.717) is 0 Å². The van der Waals surface area contributed by atoms with Gasteiger partial charge in [0.2, 0.25) is 5.95 Å². The van der Waals surface area contributed by atoms with Crippen molar-refractivity contribution in [1.82, 2.24) is 9.97 Å². The molecule has 0 atom stereocenters. The largest absolute Gasteiger partial charge is 0.326 e. The van der Waals surface area contributed by atoms with Gasteiger partial charge in [-0.3, -0.25) is 0 Å². The Balaban J connectivity index is 2.03. The van der Waals surface area contributed by atoms with Crippen LogP contribution < -0.4 is 9.80 Å². The lowest BCUT2D eigenvalue weighted by atomic mass is 10.2. The molecule has 0 saturated carbocycles. The van der Waals surface area contributed by atoms with Crippen LogP contribution in [0.2, 0.25) is 0 Å². The smallest absolute Gasteiger partial charge is 0.232 e. The first-order chi connectivity index (χ1) is 12.2. The number of aryl methyl sites for hydroxylation is 1. The van der Waals surface area contributed by atoms with Crippen molar-refractivity contribution in [2.75, 3.05) is 22.9 Å². The maximum Gasteiger partial charge on any atom is 0.232 e. The zero-order valence-corrected chi connectivity index (χ0v) is 15.1. The van der Waals surface area contributed by atoms with E-state index in [4.69, 9.17) is 4.98 Å². The molecule has 0 amide bonds. The summed E-state index contributed by atoms with van der Waals surface area (Å²) in [6.07, 6.45) is 0. The predicted octanol–water partition coefficient (Wildman–Crippen LogP) is 5.10. The monoisotopic (exact) mass is 332 g/mol. The van der Waals surface area contributed by atoms with Crippen molar-refractivity contribution in [2.45, 2.75) is 20.8 Å². The first-order valence-electron chi connectivity index (χ1n) is 8.73. The van der Waals surface area contributed by atoms with Gasteiger partial charge < -0.3 is 9.80 Å². The molecular formula is C21H24N4. The van der Waals surface area contributed by atoms with Crippen LogP contribution in [-0.2, 0) is 0 Å². The van der Waals surface area contributed by atoms with Crippen molar-refractivity contribution in [1.29, 1.82) is 0 Å². The zero-order chi connectivity index (χ0) is 17.6. The Morgan fingerprint density at radius 3 is 1.76 bits per heavy atom. The molecule has 1 heterocycles. The topological polar surface area (TPSA) is 32.3 Å². The van der Waals surface area contributed by atoms with Crippen molar-refractivity contribution in [3.63, 3.8) is 0 Å². The number of nitrogens with zero attached hydrogens (tertiary/aromatic N) is 4. The van der Waals surface area contributed by atoms with E-state index >= 15 is 0 Å². The molecular weight excluding hydrogens is 308 g/mol. The van der Waals surface area contributed by atoms with Crippen LogP contribution in [0.5, 0.6) is 0 Å². The Bertz CT molecular complexity index is 737. The van der Waals surface area contributed by atoms with Crippen LogP contribution in [0.1, 0.15) is 19.5 Å². The second-order valence-electron chi connectivity index (χ2n) is 5.83. The van der Waals surface area contributed by atoms with Crippen LogP contribution in [0.25, 0.3) is 0 Å². The van der Waals surface area contributed by atoms with Crippen molar-refractivity contribution in [2.24, 2.45) is 0 Å². The van der Waals surface area contributed by atoms with Crippen LogP contribution >= 0.6 is 0 Å². The first-order valence-corrected chi connectivity index (χ1v) is 8.73. The molecule has 2 aromatic carbocycles. The van der Waals surface area contributed by atoms with Crippen LogP contribution in [0, 0.1) is 6.92 Å². The molecule has 0 N–H and O–H groups in total. The summed E-state index contributed by atoms with van der Waals surface area (Å²) in [4.78, 5) is 13.9. The Morgan fingerprint density at radius 2 is 1.24 bits per heavy atom. The van der Waals surface area contributed by atoms with Gasteiger partial charge in [0.1, 0.15) is 5.82 Å². The van der Waals surface area contributed by atoms with Gasteiger partial charge in [-0.05, 0) is 45.0 Å². The summed E-state index contributed by atoms with van der Waals surface area (Å²) in [6.45, 7) is 7.93. The minimum absolute atomic E-state index is 0.734. The summed E-state index contributed by atoms with van der Waals surface area (Å²) in [5.41, 5.74) is 3.20. The molecule has 3 rings (SSSR count). The molecule has 0 aliphatic heterocycles. The Morgan fingerprint density at radius 1 is 0.720 bits per heavy atom. The Labute approximate surface area is 149 Å². The minimum Gasteiger partial charge on any atom is -0.326 e. The average molecular weight is 332 g/mol. The van der Waals surface area contributed by atoms with Gasteiger partial charge in [0.25, 0.3) is 0 Å². The van der Waals surface area contributed by atoms with E-state index in [1.807, 2.05) is 37.3 Å². The van der Waals surface area contributed by atoms with Gasteiger partial charge in [-0.2, -0.15) is 4.98 Å². The third-order valence-electron chi connectivity index (χ3n) is 4.12. The van der Waals surface area contributed by atoms with E-state index < -0.39 is 0 Å². The van der Waals surface area contributed by atoms with Crippen LogP contribution in [-0.4, -0.2) is 23.1 Å². The second kappa shape index (κ2) is 7.79. The molecule has 25 heavy (non-hydrogen) atoms. The standard InChI is InChI=1S/C21H24N4/c1-4-24(18-12-8-6-9-13-18)20-16-17(3)22-21(23-20)25(5-2)19-14-10-7-11-15-19/h6-16H,4-5H2,1-3H3. The Kier molecular flexibility index (Phi) is 5.29. The molecule has 0 saturated heterocycles. The maximum atomic E-state index is 4.87. The molecule has 3 aromatic rings. The van der Waals surface area contributed by atoms with Crippen LogP contribution in [0.4, 0.5) is 23.1 Å². The zero-order valence-electron chi connectivity index (χ0n) is 15.1. The highest BCUT2D eigenvalue weighted by Crippen LogP contribution is 2.28. The van der Waals surface area contributed by atoms with Gasteiger partial charge in [0.15, 0.2) is 0 Å². The highest BCUT2D eigenvalue weighted by atomic mass is 15.3. The number of benzene rings is 2. The summed E-state index contributed by atoms with van der Waals surface area (Å²) in [6, 6.07) is 22.7. The van der Waals surface area contributed by atoms with Crippen molar-refractivity contribution >= 4 is 23.1 Å². The van der Waals surface area contributed by atoms with E-state index in [0.717, 1.165) is 41.9 Å². The predicted molar refractivity (Wildman–Crippen MR) is 105 cm³/mol. The minimum atomic E-state index is 0.734. The lowest BCUT2D eigenvalue weighted by Crippen LogP contribution is -2.22. The van der Waals surface area contributed by atoms with E-state index in [1.165, 1.54) is 0 Å². The van der Waals surface area contributed by atoms with Crippen molar-refractivity contribution in [3.8, 4) is 0 Å². The number of hydrogen-bond donors (Lipinski definition) is 0. The molecule has 0 unspecified atom stereocenters. The quantitative estimate of drug-likeness (QED) is 0.628. The van der Waals surface area contributed by atoms with E-state index in [2.05, 4.69) is 65.0 Å².